The zero-order valence-electron chi connectivity index (χ0n) is 12.9. The van der Waals surface area contributed by atoms with E-state index in [0.29, 0.717) is 11.3 Å². The van der Waals surface area contributed by atoms with Gasteiger partial charge in [-0.2, -0.15) is 0 Å². The zero-order chi connectivity index (χ0) is 13.9. The highest BCUT2D eigenvalue weighted by molar-refractivity contribution is 7.11. The van der Waals surface area contributed by atoms with Gasteiger partial charge in [0.1, 0.15) is 0 Å². The Bertz CT molecular complexity index is 403. The van der Waals surface area contributed by atoms with Crippen LogP contribution < -0.4 is 5.32 Å². The van der Waals surface area contributed by atoms with E-state index in [1.807, 2.05) is 11.3 Å². The second kappa shape index (κ2) is 6.36. The Morgan fingerprint density at radius 3 is 2.84 bits per heavy atom. The summed E-state index contributed by atoms with van der Waals surface area (Å²) in [5.74, 6) is 0.653. The van der Waals surface area contributed by atoms with Gasteiger partial charge in [0.25, 0.3) is 0 Å². The van der Waals surface area contributed by atoms with Gasteiger partial charge in [0.15, 0.2) is 0 Å². The molecule has 108 valence electrons. The predicted octanol–water partition coefficient (Wildman–Crippen LogP) is 4.15. The SMILES string of the molecule is CCCNCC1CCCc2sc(CC(C)(C)C)nc21. The van der Waals surface area contributed by atoms with Crippen molar-refractivity contribution in [2.75, 3.05) is 13.1 Å². The number of nitrogens with zero attached hydrogens (tertiary/aromatic N) is 1. The van der Waals surface area contributed by atoms with Crippen LogP contribution in [0.2, 0.25) is 0 Å². The number of aryl methyl sites for hydroxylation is 1. The molecule has 1 aliphatic carbocycles. The van der Waals surface area contributed by atoms with Crippen LogP contribution in [0.25, 0.3) is 0 Å². The molecule has 1 atom stereocenters. The number of hydrogen-bond donors (Lipinski definition) is 1. The highest BCUT2D eigenvalue weighted by Crippen LogP contribution is 2.36. The van der Waals surface area contributed by atoms with Crippen molar-refractivity contribution >= 4 is 11.3 Å². The molecule has 0 aromatic carbocycles. The van der Waals surface area contributed by atoms with E-state index in [9.17, 15) is 0 Å². The predicted molar refractivity (Wildman–Crippen MR) is 84.1 cm³/mol. The highest BCUT2D eigenvalue weighted by Gasteiger charge is 2.25. The minimum absolute atomic E-state index is 0.344. The zero-order valence-corrected chi connectivity index (χ0v) is 13.7. The lowest BCUT2D eigenvalue weighted by atomic mass is 9.90. The fourth-order valence-corrected chi connectivity index (χ4v) is 4.24. The first kappa shape index (κ1) is 15.0. The summed E-state index contributed by atoms with van der Waals surface area (Å²) in [6, 6.07) is 0. The molecule has 2 rings (SSSR count). The minimum atomic E-state index is 0.344. The van der Waals surface area contributed by atoms with Crippen LogP contribution in [0.1, 0.15) is 68.5 Å². The lowest BCUT2D eigenvalue weighted by Crippen LogP contribution is -2.25. The lowest BCUT2D eigenvalue weighted by Gasteiger charge is -2.21. The van der Waals surface area contributed by atoms with E-state index in [1.165, 1.54) is 36.4 Å². The summed E-state index contributed by atoms with van der Waals surface area (Å²) in [6.45, 7) is 11.4. The van der Waals surface area contributed by atoms with Gasteiger partial charge in [0, 0.05) is 23.8 Å². The normalized spacial score (nSPS) is 19.5. The molecule has 0 bridgehead atoms. The summed E-state index contributed by atoms with van der Waals surface area (Å²) in [6.07, 6.45) is 6.22. The average Bonchev–Trinajstić information content (AvgIpc) is 2.69. The maximum Gasteiger partial charge on any atom is 0.0936 e. The van der Waals surface area contributed by atoms with Crippen molar-refractivity contribution < 1.29 is 0 Å². The molecule has 1 aromatic heterocycles. The molecule has 1 unspecified atom stereocenters. The van der Waals surface area contributed by atoms with Crippen molar-refractivity contribution in [1.82, 2.24) is 10.3 Å². The van der Waals surface area contributed by atoms with Crippen LogP contribution in [0.15, 0.2) is 0 Å². The van der Waals surface area contributed by atoms with E-state index < -0.39 is 0 Å². The molecule has 3 heteroatoms. The first-order valence-electron chi connectivity index (χ1n) is 7.69. The highest BCUT2D eigenvalue weighted by atomic mass is 32.1. The summed E-state index contributed by atoms with van der Waals surface area (Å²) in [7, 11) is 0. The summed E-state index contributed by atoms with van der Waals surface area (Å²) in [4.78, 5) is 6.54. The van der Waals surface area contributed by atoms with Crippen molar-refractivity contribution in [3.05, 3.63) is 15.6 Å². The minimum Gasteiger partial charge on any atom is -0.316 e. The molecule has 1 aliphatic rings. The maximum atomic E-state index is 4.97. The number of fused-ring (bicyclic) bond motifs is 1. The van der Waals surface area contributed by atoms with E-state index in [4.69, 9.17) is 4.98 Å². The average molecular weight is 280 g/mol. The number of nitrogens with one attached hydrogen (secondary N) is 1. The number of thiazole rings is 1. The van der Waals surface area contributed by atoms with E-state index in [-0.39, 0.29) is 0 Å². The summed E-state index contributed by atoms with van der Waals surface area (Å²) in [5, 5.41) is 4.91. The van der Waals surface area contributed by atoms with Crippen LogP contribution in [0.3, 0.4) is 0 Å². The van der Waals surface area contributed by atoms with Gasteiger partial charge in [-0.1, -0.05) is 27.7 Å². The van der Waals surface area contributed by atoms with Crippen LogP contribution in [0.4, 0.5) is 0 Å². The van der Waals surface area contributed by atoms with E-state index in [2.05, 4.69) is 33.0 Å². The van der Waals surface area contributed by atoms with Gasteiger partial charge >= 0.3 is 0 Å². The first-order chi connectivity index (χ1) is 8.99. The summed E-state index contributed by atoms with van der Waals surface area (Å²) >= 11 is 1.97. The topological polar surface area (TPSA) is 24.9 Å². The van der Waals surface area contributed by atoms with E-state index in [0.717, 1.165) is 19.5 Å². The molecule has 0 fully saturated rings. The molecule has 1 heterocycles. The molecular formula is C16H28N2S. The quantitative estimate of drug-likeness (QED) is 0.820. The first-order valence-corrected chi connectivity index (χ1v) is 8.50. The second-order valence-electron chi connectivity index (χ2n) is 6.95. The van der Waals surface area contributed by atoms with Gasteiger partial charge in [-0.25, -0.2) is 4.98 Å². The van der Waals surface area contributed by atoms with Gasteiger partial charge in [0.05, 0.1) is 10.7 Å². The van der Waals surface area contributed by atoms with Crippen molar-refractivity contribution in [2.45, 2.75) is 65.7 Å². The Kier molecular flexibility index (Phi) is 5.02. The van der Waals surface area contributed by atoms with Crippen LogP contribution in [-0.2, 0) is 12.8 Å². The number of aromatic nitrogens is 1. The molecule has 0 saturated carbocycles. The van der Waals surface area contributed by atoms with Gasteiger partial charge in [0.2, 0.25) is 0 Å². The Hall–Kier alpha value is -0.410. The number of rotatable bonds is 5. The molecule has 0 spiro atoms. The molecule has 19 heavy (non-hydrogen) atoms. The fourth-order valence-electron chi connectivity index (χ4n) is 2.74. The molecular weight excluding hydrogens is 252 g/mol. The van der Waals surface area contributed by atoms with E-state index >= 15 is 0 Å². The van der Waals surface area contributed by atoms with Gasteiger partial charge in [-0.15, -0.1) is 11.3 Å². The third-order valence-corrected chi connectivity index (χ3v) is 4.74. The number of hydrogen-bond acceptors (Lipinski definition) is 3. The van der Waals surface area contributed by atoms with Crippen molar-refractivity contribution in [1.29, 1.82) is 0 Å². The van der Waals surface area contributed by atoms with Crippen molar-refractivity contribution in [3.63, 3.8) is 0 Å². The smallest absolute Gasteiger partial charge is 0.0936 e. The van der Waals surface area contributed by atoms with Gasteiger partial charge in [-0.05, 0) is 37.6 Å². The van der Waals surface area contributed by atoms with Crippen molar-refractivity contribution in [3.8, 4) is 0 Å². The Morgan fingerprint density at radius 2 is 2.16 bits per heavy atom. The molecule has 0 amide bonds. The molecule has 1 N–H and O–H groups in total. The summed E-state index contributed by atoms with van der Waals surface area (Å²) < 4.78 is 0. The summed E-state index contributed by atoms with van der Waals surface area (Å²) in [5.41, 5.74) is 1.76. The van der Waals surface area contributed by atoms with Crippen molar-refractivity contribution in [2.24, 2.45) is 5.41 Å². The third kappa shape index (κ3) is 4.28. The van der Waals surface area contributed by atoms with Gasteiger partial charge < -0.3 is 5.32 Å². The lowest BCUT2D eigenvalue weighted by molar-refractivity contribution is 0.409. The largest absolute Gasteiger partial charge is 0.316 e. The Morgan fingerprint density at radius 1 is 1.37 bits per heavy atom. The molecule has 0 radical (unpaired) electrons. The molecule has 1 aromatic rings. The van der Waals surface area contributed by atoms with E-state index in [1.54, 1.807) is 4.88 Å². The maximum absolute atomic E-state index is 4.97. The monoisotopic (exact) mass is 280 g/mol. The fraction of sp³-hybridized carbons (Fsp3) is 0.812. The standard InChI is InChI=1S/C16H28N2S/c1-5-9-17-11-12-7-6-8-13-15(12)18-14(19-13)10-16(2,3)4/h12,17H,5-11H2,1-4H3. The molecule has 2 nitrogen and oxygen atoms in total. The Balaban J connectivity index is 2.06. The van der Waals surface area contributed by atoms with Crippen LogP contribution in [0.5, 0.6) is 0 Å². The second-order valence-corrected chi connectivity index (χ2v) is 8.11. The van der Waals surface area contributed by atoms with Crippen LogP contribution in [0, 0.1) is 5.41 Å². The van der Waals surface area contributed by atoms with Gasteiger partial charge in [-0.3, -0.25) is 0 Å². The van der Waals surface area contributed by atoms with Crippen LogP contribution >= 0.6 is 11.3 Å². The molecule has 0 saturated heterocycles. The third-order valence-electron chi connectivity index (χ3n) is 3.61. The Labute approximate surface area is 122 Å². The molecule has 0 aliphatic heterocycles. The van der Waals surface area contributed by atoms with Crippen LogP contribution in [-0.4, -0.2) is 18.1 Å².